The van der Waals surface area contributed by atoms with Crippen LogP contribution in [0.4, 0.5) is 83.4 Å². The average molecular weight is 626 g/mol. The molecule has 0 bridgehead atoms. The second kappa shape index (κ2) is 11.9. The van der Waals surface area contributed by atoms with Crippen molar-refractivity contribution in [1.82, 2.24) is 0 Å². The highest BCUT2D eigenvalue weighted by atomic mass is 19.4. The van der Waals surface area contributed by atoms with E-state index in [9.17, 15) is 83.4 Å². The van der Waals surface area contributed by atoms with Crippen LogP contribution < -0.4 is 0 Å². The molecule has 0 amide bonds. The number of unbranched alkanes of at least 4 members (excludes halogenated alkanes) is 7. The minimum atomic E-state index is -8.98. The summed E-state index contributed by atoms with van der Waals surface area (Å²) in [6.07, 6.45) is -18.5. The Bertz CT molecular complexity index is 754. The molecule has 0 saturated carbocycles. The molecule has 0 radical (unpaired) electrons. The molecule has 1 nitrogen and oxygen atoms in total. The van der Waals surface area contributed by atoms with E-state index in [4.69, 9.17) is 5.11 Å². The molecular formula is C19H21F19O. The van der Waals surface area contributed by atoms with Gasteiger partial charge in [-0.2, -0.15) is 79.0 Å². The van der Waals surface area contributed by atoms with Gasteiger partial charge in [0.1, 0.15) is 0 Å². The summed E-state index contributed by atoms with van der Waals surface area (Å²) in [6, 6.07) is 0. The Hall–Kier alpha value is -1.37. The summed E-state index contributed by atoms with van der Waals surface area (Å²) in [5.41, 5.74) is -8.72. The van der Waals surface area contributed by atoms with Gasteiger partial charge in [0.2, 0.25) is 0 Å². The van der Waals surface area contributed by atoms with Gasteiger partial charge in [-0.1, -0.05) is 38.5 Å². The largest absolute Gasteiger partial charge is 0.438 e. The first-order valence-corrected chi connectivity index (χ1v) is 10.8. The Labute approximate surface area is 207 Å². The lowest BCUT2D eigenvalue weighted by atomic mass is 9.83. The maximum atomic E-state index is 13.8. The smallest absolute Gasteiger partial charge is 0.396 e. The number of halogens is 19. The molecule has 0 aliphatic rings. The van der Waals surface area contributed by atoms with E-state index in [0.29, 0.717) is 25.7 Å². The summed E-state index contributed by atoms with van der Waals surface area (Å²) in [4.78, 5) is 0. The van der Waals surface area contributed by atoms with E-state index in [2.05, 4.69) is 0 Å². The fraction of sp³-hybridized carbons (Fsp3) is 1.00. The van der Waals surface area contributed by atoms with Gasteiger partial charge in [0, 0.05) is 13.0 Å². The van der Waals surface area contributed by atoms with E-state index in [1.54, 1.807) is 0 Å². The van der Waals surface area contributed by atoms with Gasteiger partial charge in [-0.25, -0.2) is 4.39 Å². The summed E-state index contributed by atoms with van der Waals surface area (Å²) in [7, 11) is 0. The molecule has 0 rings (SSSR count). The van der Waals surface area contributed by atoms with Gasteiger partial charge in [-0.05, 0) is 12.8 Å². The molecule has 0 unspecified atom stereocenters. The third-order valence-corrected chi connectivity index (χ3v) is 5.65. The molecule has 0 atom stereocenters. The summed E-state index contributed by atoms with van der Waals surface area (Å²) in [6.45, 7) is -0.129. The molecule has 0 aromatic rings. The Morgan fingerprint density at radius 1 is 0.333 bits per heavy atom. The zero-order chi connectivity index (χ0) is 31.6. The lowest BCUT2D eigenvalue weighted by Crippen LogP contribution is -2.77. The summed E-state index contributed by atoms with van der Waals surface area (Å²) in [5, 5.41) is 8.55. The zero-order valence-corrected chi connectivity index (χ0v) is 19.2. The first kappa shape index (κ1) is 37.6. The fourth-order valence-corrected chi connectivity index (χ4v) is 3.23. The summed E-state index contributed by atoms with van der Waals surface area (Å²) in [5.74, 6) is -49.4. The van der Waals surface area contributed by atoms with Crippen LogP contribution in [0, 0.1) is 0 Å². The maximum absolute atomic E-state index is 13.8. The number of hydrogen-bond donors (Lipinski definition) is 1. The minimum absolute atomic E-state index is 0.0366. The second-order valence-electron chi connectivity index (χ2n) is 8.53. The van der Waals surface area contributed by atoms with Crippen molar-refractivity contribution in [2.45, 2.75) is 111 Å². The predicted octanol–water partition coefficient (Wildman–Crippen LogP) is 9.13. The normalized spacial score (nSPS) is 15.7. The molecule has 236 valence electrons. The molecule has 0 heterocycles. The Kier molecular flexibility index (Phi) is 11.4. The van der Waals surface area contributed by atoms with Crippen molar-refractivity contribution in [3.8, 4) is 0 Å². The van der Waals surface area contributed by atoms with Gasteiger partial charge in [0.05, 0.1) is 0 Å². The molecule has 0 fully saturated rings. The maximum Gasteiger partial charge on any atom is 0.438 e. The van der Waals surface area contributed by atoms with Gasteiger partial charge in [-0.3, -0.25) is 0 Å². The quantitative estimate of drug-likeness (QED) is 0.134. The molecule has 0 spiro atoms. The van der Waals surface area contributed by atoms with Gasteiger partial charge in [-0.15, -0.1) is 0 Å². The van der Waals surface area contributed by atoms with Crippen molar-refractivity contribution in [2.75, 3.05) is 6.61 Å². The van der Waals surface area contributed by atoms with Crippen LogP contribution in [0.25, 0.3) is 0 Å². The minimum Gasteiger partial charge on any atom is -0.396 e. The fourth-order valence-electron chi connectivity index (χ4n) is 3.23. The van der Waals surface area contributed by atoms with Gasteiger partial charge in [0.15, 0.2) is 0 Å². The molecule has 0 aromatic carbocycles. The van der Waals surface area contributed by atoms with Crippen LogP contribution in [-0.4, -0.2) is 65.3 Å². The lowest BCUT2D eigenvalue weighted by Gasteiger charge is -2.45. The SMILES string of the molecule is OCCCCCCCCCCC(F)(F)C(F)(F)C(F)(F)C(F)(F)C(F)(F)C(F)(F)C(F)(C(F)(F)F)C(F)(F)F. The van der Waals surface area contributed by atoms with Crippen molar-refractivity contribution >= 4 is 0 Å². The molecule has 0 aliphatic carbocycles. The summed E-state index contributed by atoms with van der Waals surface area (Å²) >= 11 is 0. The Morgan fingerprint density at radius 3 is 0.949 bits per heavy atom. The molecule has 20 heteroatoms. The van der Waals surface area contributed by atoms with Gasteiger partial charge in [0.25, 0.3) is 0 Å². The topological polar surface area (TPSA) is 20.2 Å². The Morgan fingerprint density at radius 2 is 0.615 bits per heavy atom. The van der Waals surface area contributed by atoms with Crippen LogP contribution in [0.15, 0.2) is 0 Å². The lowest BCUT2D eigenvalue weighted by molar-refractivity contribution is -0.472. The Balaban J connectivity index is 6.08. The van der Waals surface area contributed by atoms with Crippen molar-refractivity contribution in [3.63, 3.8) is 0 Å². The monoisotopic (exact) mass is 626 g/mol. The first-order chi connectivity index (χ1) is 17.1. The van der Waals surface area contributed by atoms with Crippen LogP contribution in [-0.2, 0) is 0 Å². The van der Waals surface area contributed by atoms with Crippen molar-refractivity contribution in [2.24, 2.45) is 0 Å². The van der Waals surface area contributed by atoms with E-state index >= 15 is 0 Å². The summed E-state index contributed by atoms with van der Waals surface area (Å²) < 4.78 is 252. The van der Waals surface area contributed by atoms with E-state index < -0.39 is 72.8 Å². The second-order valence-corrected chi connectivity index (χ2v) is 8.53. The third-order valence-electron chi connectivity index (χ3n) is 5.65. The van der Waals surface area contributed by atoms with Crippen LogP contribution in [0.5, 0.6) is 0 Å². The van der Waals surface area contributed by atoms with Crippen LogP contribution in [0.2, 0.25) is 0 Å². The number of aliphatic hydroxyl groups excluding tert-OH is 1. The number of aliphatic hydroxyl groups is 1. The molecule has 0 aliphatic heterocycles. The van der Waals surface area contributed by atoms with Crippen LogP contribution in [0.3, 0.4) is 0 Å². The van der Waals surface area contributed by atoms with Crippen molar-refractivity contribution < 1.29 is 88.5 Å². The highest BCUT2D eigenvalue weighted by Gasteiger charge is 2.98. The highest BCUT2D eigenvalue weighted by Crippen LogP contribution is 2.66. The number of hydrogen-bond acceptors (Lipinski definition) is 1. The molecule has 0 aromatic heterocycles. The number of alkyl halides is 19. The predicted molar refractivity (Wildman–Crippen MR) is 94.3 cm³/mol. The molecule has 0 saturated heterocycles. The van der Waals surface area contributed by atoms with Crippen LogP contribution >= 0.6 is 0 Å². The molecule has 1 N–H and O–H groups in total. The third kappa shape index (κ3) is 6.43. The molecule has 39 heavy (non-hydrogen) atoms. The van der Waals surface area contributed by atoms with Crippen molar-refractivity contribution in [1.29, 1.82) is 0 Å². The highest BCUT2D eigenvalue weighted by molar-refractivity contribution is 5.19. The zero-order valence-electron chi connectivity index (χ0n) is 19.2. The van der Waals surface area contributed by atoms with E-state index in [1.165, 1.54) is 0 Å². The van der Waals surface area contributed by atoms with E-state index in [1.807, 2.05) is 0 Å². The van der Waals surface area contributed by atoms with Crippen LogP contribution in [0.1, 0.15) is 57.8 Å². The standard InChI is InChI=1S/C19H21F19O/c20-11(21,9-7-5-3-1-2-4-6-8-10-39)13(23,24)15(27,28)17(31,32)16(29,30)14(25,26)12(22,18(33,34)35)19(36,37)38/h39H,1-10H2. The van der Waals surface area contributed by atoms with E-state index in [0.717, 1.165) is 0 Å². The van der Waals surface area contributed by atoms with Gasteiger partial charge >= 0.3 is 53.6 Å². The first-order valence-electron chi connectivity index (χ1n) is 10.8. The molecular weight excluding hydrogens is 605 g/mol. The average Bonchev–Trinajstić information content (AvgIpc) is 2.74. The van der Waals surface area contributed by atoms with E-state index in [-0.39, 0.29) is 19.4 Å². The van der Waals surface area contributed by atoms with Gasteiger partial charge < -0.3 is 5.11 Å². The number of rotatable bonds is 16. The van der Waals surface area contributed by atoms with Crippen molar-refractivity contribution in [3.05, 3.63) is 0 Å².